The lowest BCUT2D eigenvalue weighted by Gasteiger charge is -2.16. The lowest BCUT2D eigenvalue weighted by atomic mass is 9.98. The number of aromatic nitrogens is 2. The zero-order valence-corrected chi connectivity index (χ0v) is 17.9. The molecule has 6 nitrogen and oxygen atoms in total. The van der Waals surface area contributed by atoms with Crippen molar-refractivity contribution in [2.75, 3.05) is 13.2 Å². The number of fused-ring (bicyclic) bond motifs is 1. The van der Waals surface area contributed by atoms with Gasteiger partial charge in [0.05, 0.1) is 5.52 Å². The molecule has 30 heavy (non-hydrogen) atoms. The highest BCUT2D eigenvalue weighted by Crippen LogP contribution is 2.27. The van der Waals surface area contributed by atoms with Crippen LogP contribution in [0.25, 0.3) is 10.9 Å². The molecule has 0 aliphatic carbocycles. The zero-order chi connectivity index (χ0) is 21.5. The summed E-state index contributed by atoms with van der Waals surface area (Å²) >= 11 is 0. The molecule has 0 fully saturated rings. The minimum Gasteiger partial charge on any atom is -0.484 e. The number of aryl methyl sites for hydroxylation is 1. The van der Waals surface area contributed by atoms with E-state index >= 15 is 0 Å². The van der Waals surface area contributed by atoms with Crippen molar-refractivity contribution in [3.63, 3.8) is 0 Å². The fourth-order valence-electron chi connectivity index (χ4n) is 3.48. The molecule has 158 valence electrons. The van der Waals surface area contributed by atoms with Gasteiger partial charge in [-0.1, -0.05) is 26.8 Å². The quantitative estimate of drug-likeness (QED) is 0.587. The molecule has 2 aromatic heterocycles. The van der Waals surface area contributed by atoms with E-state index in [1.54, 1.807) is 16.8 Å². The molecule has 0 aliphatic heterocycles. The van der Waals surface area contributed by atoms with Gasteiger partial charge in [0, 0.05) is 48.9 Å². The number of nitrogens with zero attached hydrogens (tertiary/aromatic N) is 2. The highest BCUT2D eigenvalue weighted by molar-refractivity contribution is 5.84. The number of amides is 1. The van der Waals surface area contributed by atoms with Crippen LogP contribution in [-0.2, 0) is 17.8 Å². The Morgan fingerprint density at radius 1 is 1.20 bits per heavy atom. The molecule has 0 atom stereocenters. The number of hydrogen-bond donors (Lipinski definition) is 1. The highest BCUT2D eigenvalue weighted by atomic mass is 16.5. The van der Waals surface area contributed by atoms with Gasteiger partial charge >= 0.3 is 0 Å². The van der Waals surface area contributed by atoms with Gasteiger partial charge in [-0.2, -0.15) is 0 Å². The molecular weight excluding hydrogens is 378 g/mol. The first kappa shape index (κ1) is 21.6. The van der Waals surface area contributed by atoms with Crippen molar-refractivity contribution >= 4 is 16.8 Å². The summed E-state index contributed by atoms with van der Waals surface area (Å²) in [4.78, 5) is 29.0. The van der Waals surface area contributed by atoms with E-state index in [0.29, 0.717) is 25.3 Å². The largest absolute Gasteiger partial charge is 0.484 e. The first-order valence-corrected chi connectivity index (χ1v) is 10.5. The van der Waals surface area contributed by atoms with E-state index in [1.807, 2.05) is 43.3 Å². The second kappa shape index (κ2) is 10.1. The Hall–Kier alpha value is -3.15. The molecule has 0 aliphatic rings. The lowest BCUT2D eigenvalue weighted by molar-refractivity contribution is -0.123. The molecule has 2 heterocycles. The number of benzene rings is 1. The molecule has 1 amide bonds. The molecule has 0 unspecified atom stereocenters. The zero-order valence-electron chi connectivity index (χ0n) is 17.9. The third-order valence-corrected chi connectivity index (χ3v) is 4.98. The molecule has 1 aromatic carbocycles. The van der Waals surface area contributed by atoms with Crippen molar-refractivity contribution in [1.29, 1.82) is 0 Å². The summed E-state index contributed by atoms with van der Waals surface area (Å²) in [5.74, 6) is 0.633. The van der Waals surface area contributed by atoms with Gasteiger partial charge in [0.25, 0.3) is 11.5 Å². The van der Waals surface area contributed by atoms with Crippen LogP contribution in [0.5, 0.6) is 5.75 Å². The van der Waals surface area contributed by atoms with Gasteiger partial charge in [-0.25, -0.2) is 0 Å². The third-order valence-electron chi connectivity index (χ3n) is 4.98. The van der Waals surface area contributed by atoms with E-state index < -0.39 is 0 Å². The van der Waals surface area contributed by atoms with E-state index in [0.717, 1.165) is 28.6 Å². The van der Waals surface area contributed by atoms with Crippen molar-refractivity contribution in [2.45, 2.75) is 46.1 Å². The summed E-state index contributed by atoms with van der Waals surface area (Å²) in [6.07, 6.45) is 3.27. The van der Waals surface area contributed by atoms with Crippen LogP contribution < -0.4 is 15.6 Å². The van der Waals surface area contributed by atoms with Crippen molar-refractivity contribution in [1.82, 2.24) is 14.9 Å². The van der Waals surface area contributed by atoms with Crippen LogP contribution in [0, 0.1) is 0 Å². The van der Waals surface area contributed by atoms with Crippen molar-refractivity contribution in [2.24, 2.45) is 0 Å². The minimum atomic E-state index is -0.187. The molecule has 1 N–H and O–H groups in total. The van der Waals surface area contributed by atoms with Crippen LogP contribution in [-0.4, -0.2) is 28.6 Å². The molecule has 3 aromatic rings. The third kappa shape index (κ3) is 5.26. The van der Waals surface area contributed by atoms with Crippen LogP contribution >= 0.6 is 0 Å². The Kier molecular flexibility index (Phi) is 7.22. The SMILES string of the molecule is CCCn1c(=O)cc(C(C)C)c2ccc(OCC(=O)NCCc3ccccn3)cc21. The number of carbonyl (C=O) groups excluding carboxylic acids is 1. The van der Waals surface area contributed by atoms with Gasteiger partial charge in [-0.3, -0.25) is 14.6 Å². The monoisotopic (exact) mass is 407 g/mol. The summed E-state index contributed by atoms with van der Waals surface area (Å²) in [5.41, 5.74) is 2.81. The molecule has 0 saturated carbocycles. The Morgan fingerprint density at radius 2 is 2.03 bits per heavy atom. The molecule has 0 spiro atoms. The van der Waals surface area contributed by atoms with Crippen LogP contribution in [0.2, 0.25) is 0 Å². The molecule has 0 bridgehead atoms. The molecule has 6 heteroatoms. The van der Waals surface area contributed by atoms with Crippen molar-refractivity contribution in [3.8, 4) is 5.75 Å². The fourth-order valence-corrected chi connectivity index (χ4v) is 3.48. The molecular formula is C24H29N3O3. The first-order valence-electron chi connectivity index (χ1n) is 10.5. The van der Waals surface area contributed by atoms with Gasteiger partial charge < -0.3 is 14.6 Å². The Bertz CT molecular complexity index is 1060. The summed E-state index contributed by atoms with van der Waals surface area (Å²) in [6, 6.07) is 13.1. The van der Waals surface area contributed by atoms with E-state index in [1.165, 1.54) is 0 Å². The molecule has 0 saturated heterocycles. The smallest absolute Gasteiger partial charge is 0.257 e. The van der Waals surface area contributed by atoms with Crippen LogP contribution in [0.4, 0.5) is 0 Å². The fraction of sp³-hybridized carbons (Fsp3) is 0.375. The number of hydrogen-bond acceptors (Lipinski definition) is 4. The van der Waals surface area contributed by atoms with Gasteiger partial charge in [-0.05, 0) is 42.2 Å². The maximum atomic E-state index is 12.6. The maximum absolute atomic E-state index is 12.6. The number of rotatable bonds is 9. The van der Waals surface area contributed by atoms with Crippen LogP contribution in [0.15, 0.2) is 53.5 Å². The first-order chi connectivity index (χ1) is 14.5. The average Bonchev–Trinajstić information content (AvgIpc) is 2.74. The molecule has 3 rings (SSSR count). The number of nitrogens with one attached hydrogen (secondary N) is 1. The van der Waals surface area contributed by atoms with Crippen LogP contribution in [0.3, 0.4) is 0 Å². The number of carbonyl (C=O) groups is 1. The highest BCUT2D eigenvalue weighted by Gasteiger charge is 2.13. The average molecular weight is 408 g/mol. The van der Waals surface area contributed by atoms with E-state index in [2.05, 4.69) is 24.1 Å². The van der Waals surface area contributed by atoms with Gasteiger partial charge in [0.15, 0.2) is 6.61 Å². The predicted molar refractivity (Wildman–Crippen MR) is 119 cm³/mol. The van der Waals surface area contributed by atoms with Gasteiger partial charge in [0.1, 0.15) is 5.75 Å². The van der Waals surface area contributed by atoms with Crippen molar-refractivity contribution in [3.05, 3.63) is 70.3 Å². The predicted octanol–water partition coefficient (Wildman–Crippen LogP) is 3.67. The summed E-state index contributed by atoms with van der Waals surface area (Å²) in [5, 5.41) is 3.89. The Labute approximate surface area is 176 Å². The van der Waals surface area contributed by atoms with E-state index in [9.17, 15) is 9.59 Å². The van der Waals surface area contributed by atoms with Gasteiger partial charge in [-0.15, -0.1) is 0 Å². The van der Waals surface area contributed by atoms with Crippen LogP contribution in [0.1, 0.15) is 44.4 Å². The van der Waals surface area contributed by atoms with E-state index in [-0.39, 0.29) is 24.0 Å². The van der Waals surface area contributed by atoms with Crippen molar-refractivity contribution < 1.29 is 9.53 Å². The Morgan fingerprint density at radius 3 is 2.73 bits per heavy atom. The molecule has 0 radical (unpaired) electrons. The number of ether oxygens (including phenoxy) is 1. The van der Waals surface area contributed by atoms with E-state index in [4.69, 9.17) is 4.74 Å². The number of pyridine rings is 2. The minimum absolute atomic E-state index is 0.00235. The second-order valence-electron chi connectivity index (χ2n) is 7.63. The standard InChI is InChI=1S/C24H29N3O3/c1-4-13-27-22-14-19(8-9-20(22)21(17(2)3)15-24(27)29)30-16-23(28)26-12-10-18-7-5-6-11-25-18/h5-9,11,14-15,17H,4,10,12-13,16H2,1-3H3,(H,26,28). The second-order valence-corrected chi connectivity index (χ2v) is 7.63. The summed E-state index contributed by atoms with van der Waals surface area (Å²) in [6.45, 7) is 7.28. The lowest BCUT2D eigenvalue weighted by Crippen LogP contribution is -2.30. The Balaban J connectivity index is 1.69. The van der Waals surface area contributed by atoms with Gasteiger partial charge in [0.2, 0.25) is 0 Å². The summed E-state index contributed by atoms with van der Waals surface area (Å²) in [7, 11) is 0. The summed E-state index contributed by atoms with van der Waals surface area (Å²) < 4.78 is 7.49. The topological polar surface area (TPSA) is 73.2 Å². The maximum Gasteiger partial charge on any atom is 0.257 e. The normalized spacial score (nSPS) is 11.1.